The van der Waals surface area contributed by atoms with Crippen LogP contribution in [0.25, 0.3) is 0 Å². The first-order chi connectivity index (χ1) is 9.70. The van der Waals surface area contributed by atoms with Crippen molar-refractivity contribution in [3.05, 3.63) is 65.2 Å². The summed E-state index contributed by atoms with van der Waals surface area (Å²) in [6.45, 7) is -0.249. The van der Waals surface area contributed by atoms with Crippen molar-refractivity contribution in [3.8, 4) is 17.6 Å². The molecule has 0 unspecified atom stereocenters. The van der Waals surface area contributed by atoms with Crippen LogP contribution in [0.4, 0.5) is 8.78 Å². The van der Waals surface area contributed by atoms with E-state index < -0.39 is 11.6 Å². The van der Waals surface area contributed by atoms with Crippen LogP contribution in [0.15, 0.2) is 42.5 Å². The zero-order valence-corrected chi connectivity index (χ0v) is 10.6. The van der Waals surface area contributed by atoms with Gasteiger partial charge in [-0.2, -0.15) is 0 Å². The molecule has 2 aromatic rings. The predicted molar refractivity (Wildman–Crippen MR) is 71.1 cm³/mol. The SMILES string of the molecule is OCC#Cc1cc(F)ccc1COc1ccccc1F. The van der Waals surface area contributed by atoms with Crippen LogP contribution in [0.3, 0.4) is 0 Å². The average molecular weight is 274 g/mol. The number of aliphatic hydroxyl groups excluding tert-OH is 1. The highest BCUT2D eigenvalue weighted by Crippen LogP contribution is 2.18. The lowest BCUT2D eigenvalue weighted by Gasteiger charge is -2.09. The predicted octanol–water partition coefficient (Wildman–Crippen LogP) is 2.89. The molecule has 0 bridgehead atoms. The maximum atomic E-state index is 13.4. The number of hydrogen-bond acceptors (Lipinski definition) is 2. The highest BCUT2D eigenvalue weighted by Gasteiger charge is 2.06. The first-order valence-corrected chi connectivity index (χ1v) is 5.96. The van der Waals surface area contributed by atoms with Crippen molar-refractivity contribution in [2.75, 3.05) is 6.61 Å². The number of halogens is 2. The normalized spacial score (nSPS) is 9.75. The zero-order valence-electron chi connectivity index (χ0n) is 10.6. The van der Waals surface area contributed by atoms with Crippen molar-refractivity contribution >= 4 is 0 Å². The Morgan fingerprint density at radius 2 is 1.90 bits per heavy atom. The van der Waals surface area contributed by atoms with Crippen LogP contribution in [0.1, 0.15) is 11.1 Å². The molecule has 0 amide bonds. The van der Waals surface area contributed by atoms with Crippen LogP contribution in [0.2, 0.25) is 0 Å². The van der Waals surface area contributed by atoms with Gasteiger partial charge in [-0.05, 0) is 24.3 Å². The molecule has 2 nitrogen and oxygen atoms in total. The molecular weight excluding hydrogens is 262 g/mol. The summed E-state index contributed by atoms with van der Waals surface area (Å²) in [5, 5.41) is 8.68. The van der Waals surface area contributed by atoms with E-state index in [-0.39, 0.29) is 19.0 Å². The molecule has 4 heteroatoms. The van der Waals surface area contributed by atoms with Crippen LogP contribution >= 0.6 is 0 Å². The molecule has 0 saturated heterocycles. The molecule has 0 atom stereocenters. The van der Waals surface area contributed by atoms with Gasteiger partial charge in [0.25, 0.3) is 0 Å². The Bertz CT molecular complexity index is 657. The standard InChI is InChI=1S/C16H12F2O2/c17-14-8-7-13(12(10-14)4-3-9-19)11-20-16-6-2-1-5-15(16)18/h1-2,5-8,10,19H,9,11H2. The molecule has 0 heterocycles. The van der Waals surface area contributed by atoms with Crippen LogP contribution in [0.5, 0.6) is 5.75 Å². The van der Waals surface area contributed by atoms with Crippen LogP contribution in [0, 0.1) is 23.5 Å². The summed E-state index contributed by atoms with van der Waals surface area (Å²) in [6.07, 6.45) is 0. The zero-order chi connectivity index (χ0) is 14.4. The molecular formula is C16H12F2O2. The number of benzene rings is 2. The summed E-state index contributed by atoms with van der Waals surface area (Å²) >= 11 is 0. The third-order valence-electron chi connectivity index (χ3n) is 2.59. The smallest absolute Gasteiger partial charge is 0.165 e. The third-order valence-corrected chi connectivity index (χ3v) is 2.59. The number of rotatable bonds is 3. The number of hydrogen-bond donors (Lipinski definition) is 1. The van der Waals surface area contributed by atoms with Gasteiger partial charge in [-0.1, -0.05) is 30.0 Å². The lowest BCUT2D eigenvalue weighted by atomic mass is 10.1. The molecule has 0 fully saturated rings. The van der Waals surface area contributed by atoms with Gasteiger partial charge in [0.15, 0.2) is 11.6 Å². The Balaban J connectivity index is 2.19. The number of ether oxygens (including phenoxy) is 1. The van der Waals surface area contributed by atoms with Crippen molar-refractivity contribution in [1.29, 1.82) is 0 Å². The minimum absolute atomic E-state index is 0.0661. The summed E-state index contributed by atoms with van der Waals surface area (Å²) < 4.78 is 31.9. The minimum Gasteiger partial charge on any atom is -0.486 e. The number of aliphatic hydroxyl groups is 1. The minimum atomic E-state index is -0.461. The Morgan fingerprint density at radius 1 is 1.10 bits per heavy atom. The van der Waals surface area contributed by atoms with E-state index in [0.29, 0.717) is 11.1 Å². The van der Waals surface area contributed by atoms with E-state index in [9.17, 15) is 8.78 Å². The van der Waals surface area contributed by atoms with E-state index in [4.69, 9.17) is 9.84 Å². The molecule has 0 radical (unpaired) electrons. The van der Waals surface area contributed by atoms with Crippen molar-refractivity contribution in [1.82, 2.24) is 0 Å². The van der Waals surface area contributed by atoms with Gasteiger partial charge >= 0.3 is 0 Å². The van der Waals surface area contributed by atoms with Crippen LogP contribution < -0.4 is 4.74 Å². The van der Waals surface area contributed by atoms with E-state index in [1.165, 1.54) is 30.3 Å². The summed E-state index contributed by atoms with van der Waals surface area (Å²) in [6, 6.07) is 10.1. The molecule has 102 valence electrons. The van der Waals surface area contributed by atoms with Gasteiger partial charge in [0, 0.05) is 11.1 Å². The van der Waals surface area contributed by atoms with Crippen molar-refractivity contribution in [3.63, 3.8) is 0 Å². The van der Waals surface area contributed by atoms with Crippen molar-refractivity contribution in [2.45, 2.75) is 6.61 Å². The fraction of sp³-hybridized carbons (Fsp3) is 0.125. The molecule has 2 aromatic carbocycles. The number of para-hydroxylation sites is 1. The third kappa shape index (κ3) is 3.56. The summed E-state index contributed by atoms with van der Waals surface area (Å²) in [5.74, 6) is 4.33. The lowest BCUT2D eigenvalue weighted by Crippen LogP contribution is -2.00. The molecule has 2 rings (SSSR count). The van der Waals surface area contributed by atoms with E-state index in [1.807, 2.05) is 0 Å². The van der Waals surface area contributed by atoms with Gasteiger partial charge < -0.3 is 9.84 Å². The maximum absolute atomic E-state index is 13.4. The molecule has 0 aliphatic rings. The Hall–Kier alpha value is -2.38. The van der Waals surface area contributed by atoms with Crippen molar-refractivity contribution < 1.29 is 18.6 Å². The van der Waals surface area contributed by atoms with Crippen molar-refractivity contribution in [2.24, 2.45) is 0 Å². The van der Waals surface area contributed by atoms with Gasteiger partial charge in [-0.15, -0.1) is 0 Å². The molecule has 0 spiro atoms. The first-order valence-electron chi connectivity index (χ1n) is 5.96. The topological polar surface area (TPSA) is 29.5 Å². The van der Waals surface area contributed by atoms with E-state index in [0.717, 1.165) is 0 Å². The Labute approximate surface area is 115 Å². The summed E-state index contributed by atoms with van der Waals surface area (Å²) in [7, 11) is 0. The fourth-order valence-electron chi connectivity index (χ4n) is 1.64. The second kappa shape index (κ2) is 6.69. The highest BCUT2D eigenvalue weighted by atomic mass is 19.1. The lowest BCUT2D eigenvalue weighted by molar-refractivity contribution is 0.290. The highest BCUT2D eigenvalue weighted by molar-refractivity contribution is 5.41. The summed E-state index contributed by atoms with van der Waals surface area (Å²) in [5.41, 5.74) is 1.03. The van der Waals surface area contributed by atoms with Gasteiger partial charge in [-0.25, -0.2) is 8.78 Å². The van der Waals surface area contributed by atoms with Gasteiger partial charge in [0.05, 0.1) is 0 Å². The second-order valence-electron chi connectivity index (χ2n) is 3.98. The van der Waals surface area contributed by atoms with Gasteiger partial charge in [-0.3, -0.25) is 0 Å². The molecule has 0 aliphatic carbocycles. The first kappa shape index (κ1) is 14.0. The van der Waals surface area contributed by atoms with E-state index in [1.54, 1.807) is 12.1 Å². The summed E-state index contributed by atoms with van der Waals surface area (Å²) in [4.78, 5) is 0. The van der Waals surface area contributed by atoms with Gasteiger partial charge in [0.2, 0.25) is 0 Å². The fourth-order valence-corrected chi connectivity index (χ4v) is 1.64. The molecule has 0 saturated carbocycles. The largest absolute Gasteiger partial charge is 0.486 e. The monoisotopic (exact) mass is 274 g/mol. The Morgan fingerprint density at radius 3 is 2.65 bits per heavy atom. The van der Waals surface area contributed by atoms with Crippen LogP contribution in [-0.2, 0) is 6.61 Å². The quantitative estimate of drug-likeness (QED) is 0.872. The van der Waals surface area contributed by atoms with Gasteiger partial charge in [0.1, 0.15) is 19.0 Å². The molecule has 20 heavy (non-hydrogen) atoms. The maximum Gasteiger partial charge on any atom is 0.165 e. The van der Waals surface area contributed by atoms with Crippen LogP contribution in [-0.4, -0.2) is 11.7 Å². The van der Waals surface area contributed by atoms with E-state index in [2.05, 4.69) is 11.8 Å². The Kier molecular flexibility index (Phi) is 4.70. The average Bonchev–Trinajstić information content (AvgIpc) is 2.45. The van der Waals surface area contributed by atoms with E-state index >= 15 is 0 Å². The second-order valence-corrected chi connectivity index (χ2v) is 3.98. The molecule has 0 aromatic heterocycles. The molecule has 0 aliphatic heterocycles. The molecule has 1 N–H and O–H groups in total.